The molecule has 0 aliphatic heterocycles. The third kappa shape index (κ3) is 5.03. The molecule has 35 heavy (non-hydrogen) atoms. The van der Waals surface area contributed by atoms with Crippen molar-refractivity contribution in [2.24, 2.45) is 0 Å². The fourth-order valence-corrected chi connectivity index (χ4v) is 3.75. The Kier molecular flexibility index (Phi) is 6.32. The van der Waals surface area contributed by atoms with Crippen molar-refractivity contribution in [1.29, 1.82) is 0 Å². The zero-order valence-corrected chi connectivity index (χ0v) is 18.2. The van der Waals surface area contributed by atoms with Crippen LogP contribution in [0.3, 0.4) is 0 Å². The number of carboxylic acid groups (broad SMARTS) is 2. The molecule has 0 radical (unpaired) electrons. The molecule has 1 heterocycles. The zero-order chi connectivity index (χ0) is 25.1. The van der Waals surface area contributed by atoms with Crippen LogP contribution in [0.2, 0.25) is 0 Å². The third-order valence-corrected chi connectivity index (χ3v) is 5.43. The molecule has 7 N–H and O–H groups in total. The van der Waals surface area contributed by atoms with Crippen LogP contribution < -0.4 is 21.9 Å². The van der Waals surface area contributed by atoms with Crippen molar-refractivity contribution in [3.63, 3.8) is 0 Å². The number of aromatic amines is 1. The van der Waals surface area contributed by atoms with Gasteiger partial charge in [0.2, 0.25) is 5.95 Å². The summed E-state index contributed by atoms with van der Waals surface area (Å²) in [5.74, 6) is -3.04. The van der Waals surface area contributed by atoms with Crippen LogP contribution in [0.25, 0.3) is 21.7 Å². The number of benzene rings is 3. The summed E-state index contributed by atoms with van der Waals surface area (Å²) in [6.07, 6.45) is -0.605. The number of hydrogen-bond donors (Lipinski definition) is 6. The Labute approximate surface area is 197 Å². The van der Waals surface area contributed by atoms with E-state index in [9.17, 15) is 24.3 Å². The molecule has 1 amide bonds. The monoisotopic (exact) mass is 475 g/mol. The number of carbonyl (C=O) groups excluding carboxylic acids is 1. The highest BCUT2D eigenvalue weighted by Gasteiger charge is 2.21. The lowest BCUT2D eigenvalue weighted by Crippen LogP contribution is -2.41. The van der Waals surface area contributed by atoms with Crippen molar-refractivity contribution < 1.29 is 24.6 Å². The quantitative estimate of drug-likeness (QED) is 0.208. The predicted molar refractivity (Wildman–Crippen MR) is 130 cm³/mol. The Morgan fingerprint density at radius 3 is 2.43 bits per heavy atom. The molecule has 11 nitrogen and oxygen atoms in total. The molecule has 0 saturated carbocycles. The Bertz CT molecular complexity index is 1510. The van der Waals surface area contributed by atoms with Gasteiger partial charge in [0.15, 0.2) is 0 Å². The minimum Gasteiger partial charge on any atom is -0.481 e. The molecule has 0 fully saturated rings. The van der Waals surface area contributed by atoms with Gasteiger partial charge in [0.1, 0.15) is 6.04 Å². The number of nitrogens with two attached hydrogens (primary N) is 1. The van der Waals surface area contributed by atoms with Crippen LogP contribution >= 0.6 is 0 Å². The number of anilines is 3. The van der Waals surface area contributed by atoms with Gasteiger partial charge < -0.3 is 26.6 Å². The van der Waals surface area contributed by atoms with Crippen molar-refractivity contribution in [3.8, 4) is 0 Å². The highest BCUT2D eigenvalue weighted by atomic mass is 16.4. The van der Waals surface area contributed by atoms with Gasteiger partial charge in [-0.3, -0.25) is 19.4 Å². The van der Waals surface area contributed by atoms with Gasteiger partial charge in [0, 0.05) is 28.7 Å². The molecule has 4 rings (SSSR count). The fraction of sp³-hybridized carbons (Fsp3) is 0.125. The topological polar surface area (TPSA) is 187 Å². The number of hydrogen-bond acceptors (Lipinski definition) is 7. The Balaban J connectivity index is 1.56. The fourth-order valence-electron chi connectivity index (χ4n) is 3.75. The third-order valence-electron chi connectivity index (χ3n) is 5.43. The van der Waals surface area contributed by atoms with E-state index in [1.165, 1.54) is 12.1 Å². The van der Waals surface area contributed by atoms with Crippen molar-refractivity contribution in [2.75, 3.05) is 11.1 Å². The number of rotatable bonds is 8. The van der Waals surface area contributed by atoms with E-state index in [2.05, 4.69) is 20.6 Å². The minimum absolute atomic E-state index is 0.0387. The summed E-state index contributed by atoms with van der Waals surface area (Å²) >= 11 is 0. The van der Waals surface area contributed by atoms with E-state index in [0.29, 0.717) is 22.0 Å². The average molecular weight is 475 g/mol. The van der Waals surface area contributed by atoms with Crippen LogP contribution in [-0.2, 0) is 9.59 Å². The molecule has 1 aromatic heterocycles. The van der Waals surface area contributed by atoms with E-state index < -0.39 is 23.9 Å². The molecule has 3 aromatic carbocycles. The maximum atomic E-state index is 12.5. The summed E-state index contributed by atoms with van der Waals surface area (Å²) < 4.78 is 0. The van der Waals surface area contributed by atoms with Crippen LogP contribution in [0.1, 0.15) is 23.2 Å². The number of H-pyrrole nitrogens is 1. The number of nitrogen functional groups attached to an aromatic ring is 1. The Morgan fingerprint density at radius 1 is 1.00 bits per heavy atom. The molecule has 0 aliphatic carbocycles. The lowest BCUT2D eigenvalue weighted by atomic mass is 10.0. The number of amides is 1. The number of aromatic nitrogens is 2. The van der Waals surface area contributed by atoms with E-state index in [1.54, 1.807) is 24.3 Å². The van der Waals surface area contributed by atoms with Crippen LogP contribution in [0.15, 0.2) is 59.4 Å². The number of carboxylic acids is 2. The van der Waals surface area contributed by atoms with Gasteiger partial charge in [-0.05, 0) is 48.2 Å². The first-order valence-corrected chi connectivity index (χ1v) is 10.6. The molecule has 4 aromatic rings. The molecule has 0 spiro atoms. The molecule has 11 heteroatoms. The summed E-state index contributed by atoms with van der Waals surface area (Å²) in [6, 6.07) is 14.0. The first kappa shape index (κ1) is 23.2. The first-order valence-electron chi connectivity index (χ1n) is 10.6. The van der Waals surface area contributed by atoms with Crippen molar-refractivity contribution >= 4 is 56.8 Å². The summed E-state index contributed by atoms with van der Waals surface area (Å²) in [5, 5.41) is 25.5. The lowest BCUT2D eigenvalue weighted by Gasteiger charge is -2.14. The van der Waals surface area contributed by atoms with Gasteiger partial charge in [0.25, 0.3) is 11.5 Å². The van der Waals surface area contributed by atoms with E-state index in [1.807, 2.05) is 18.2 Å². The van der Waals surface area contributed by atoms with Gasteiger partial charge in [-0.1, -0.05) is 18.2 Å². The van der Waals surface area contributed by atoms with E-state index in [0.717, 1.165) is 11.1 Å². The van der Waals surface area contributed by atoms with E-state index >= 15 is 0 Å². The van der Waals surface area contributed by atoms with Gasteiger partial charge in [-0.25, -0.2) is 9.78 Å². The number of fused-ring (bicyclic) bond motifs is 3. The van der Waals surface area contributed by atoms with Crippen molar-refractivity contribution in [1.82, 2.24) is 15.3 Å². The van der Waals surface area contributed by atoms with Crippen LogP contribution in [-0.4, -0.2) is 44.1 Å². The van der Waals surface area contributed by atoms with Gasteiger partial charge in [0.05, 0.1) is 10.9 Å². The second-order valence-corrected chi connectivity index (χ2v) is 7.81. The second-order valence-electron chi connectivity index (χ2n) is 7.81. The zero-order valence-electron chi connectivity index (χ0n) is 18.2. The number of carbonyl (C=O) groups is 3. The molecule has 0 saturated heterocycles. The average Bonchev–Trinajstić information content (AvgIpc) is 2.81. The molecule has 0 unspecified atom stereocenters. The Hall–Kier alpha value is -4.93. The number of nitrogens with zero attached hydrogens (tertiary/aromatic N) is 1. The standard InChI is InChI=1S/C24H21N5O6/c25-24-28-17-9-8-14-15(20(17)22(33)29-24)2-1-3-16(14)26-13-6-4-12(5-7-13)21(32)27-18(23(34)35)10-11-19(30)31/h1-9,18,26H,10-11H2,(H,27,32)(H,30,31)(H,34,35)(H3,25,28,29,33)/t18-/m0/s1. The molecular weight excluding hydrogens is 454 g/mol. The maximum Gasteiger partial charge on any atom is 0.326 e. The van der Waals surface area contributed by atoms with Gasteiger partial charge >= 0.3 is 11.9 Å². The summed E-state index contributed by atoms with van der Waals surface area (Å²) in [7, 11) is 0. The van der Waals surface area contributed by atoms with Crippen LogP contribution in [0, 0.1) is 0 Å². The van der Waals surface area contributed by atoms with Gasteiger partial charge in [-0.15, -0.1) is 0 Å². The number of aliphatic carboxylic acids is 2. The lowest BCUT2D eigenvalue weighted by molar-refractivity contribution is -0.140. The normalized spacial score (nSPS) is 11.8. The second kappa shape index (κ2) is 9.51. The summed E-state index contributed by atoms with van der Waals surface area (Å²) in [6.45, 7) is 0. The summed E-state index contributed by atoms with van der Waals surface area (Å²) in [4.78, 5) is 53.6. The predicted octanol–water partition coefficient (Wildman–Crippen LogP) is 2.45. The minimum atomic E-state index is -1.31. The highest BCUT2D eigenvalue weighted by Crippen LogP contribution is 2.30. The highest BCUT2D eigenvalue weighted by molar-refractivity contribution is 6.10. The summed E-state index contributed by atoms with van der Waals surface area (Å²) in [5.41, 5.74) is 7.37. The van der Waals surface area contributed by atoms with Crippen molar-refractivity contribution in [3.05, 3.63) is 70.5 Å². The van der Waals surface area contributed by atoms with Crippen LogP contribution in [0.5, 0.6) is 0 Å². The molecule has 0 bridgehead atoms. The number of nitrogens with one attached hydrogen (secondary N) is 3. The molecule has 1 atom stereocenters. The van der Waals surface area contributed by atoms with Crippen molar-refractivity contribution in [2.45, 2.75) is 18.9 Å². The molecule has 0 aliphatic rings. The molecular formula is C24H21N5O6. The Morgan fingerprint density at radius 2 is 1.74 bits per heavy atom. The first-order chi connectivity index (χ1) is 16.7. The SMILES string of the molecule is Nc1nc2ccc3c(Nc4ccc(C(=O)N[C@@H](CCC(=O)O)C(=O)O)cc4)cccc3c2c(=O)[nH]1. The van der Waals surface area contributed by atoms with E-state index in [4.69, 9.17) is 10.8 Å². The largest absolute Gasteiger partial charge is 0.481 e. The van der Waals surface area contributed by atoms with Crippen LogP contribution in [0.4, 0.5) is 17.3 Å². The van der Waals surface area contributed by atoms with Gasteiger partial charge in [-0.2, -0.15) is 0 Å². The molecule has 178 valence electrons. The maximum absolute atomic E-state index is 12.5. The smallest absolute Gasteiger partial charge is 0.326 e. The van der Waals surface area contributed by atoms with E-state index in [-0.39, 0.29) is 29.9 Å².